The third kappa shape index (κ3) is 4.22. The number of aryl methyl sites for hydroxylation is 2. The summed E-state index contributed by atoms with van der Waals surface area (Å²) < 4.78 is 7.58. The minimum Gasteiger partial charge on any atom is -0.497 e. The number of hydrogen-bond donors (Lipinski definition) is 2. The molecule has 2 N–H and O–H groups in total. The first kappa shape index (κ1) is 20.9. The summed E-state index contributed by atoms with van der Waals surface area (Å²) in [6.45, 7) is 2.86. The van der Waals surface area contributed by atoms with Gasteiger partial charge in [0.2, 0.25) is 5.95 Å². The number of anilines is 3. The zero-order chi connectivity index (χ0) is 22.9. The van der Waals surface area contributed by atoms with Gasteiger partial charge in [-0.15, -0.1) is 0 Å². The van der Waals surface area contributed by atoms with E-state index in [2.05, 4.69) is 81.3 Å². The van der Waals surface area contributed by atoms with E-state index >= 15 is 0 Å². The number of methoxy groups -OCH3 is 1. The Morgan fingerprint density at radius 3 is 2.85 bits per heavy atom. The fraction of sp³-hybridized carbons (Fsp3) is 0.231. The number of benzene rings is 2. The van der Waals surface area contributed by atoms with E-state index in [0.29, 0.717) is 5.95 Å². The van der Waals surface area contributed by atoms with Crippen LogP contribution in [0.25, 0.3) is 21.8 Å². The summed E-state index contributed by atoms with van der Waals surface area (Å²) in [6, 6.07) is 16.5. The summed E-state index contributed by atoms with van der Waals surface area (Å²) >= 11 is 0. The summed E-state index contributed by atoms with van der Waals surface area (Å²) in [6.07, 6.45) is 4.87. The molecule has 0 aliphatic heterocycles. The number of aromatic nitrogens is 4. The van der Waals surface area contributed by atoms with E-state index in [9.17, 15) is 0 Å². The molecule has 2 aromatic carbocycles. The molecule has 0 saturated heterocycles. The molecule has 5 aromatic rings. The standard InChI is InChI=1S/C26H28N6O/c1-17-13-19-14-20(5-7-23(19)28-17)29-25-9-11-27-26(30-25)31(2)12-10-18-16-32(3)24-8-6-21(33-4)15-22(18)24/h5-9,11,13-16,28H,10,12H2,1-4H3,(H,27,29,30). The zero-order valence-corrected chi connectivity index (χ0v) is 19.4. The molecule has 0 atom stereocenters. The predicted octanol–water partition coefficient (Wildman–Crippen LogP) is 5.19. The highest BCUT2D eigenvalue weighted by Crippen LogP contribution is 2.26. The number of hydrogen-bond acceptors (Lipinski definition) is 5. The molecule has 7 heteroatoms. The Morgan fingerprint density at radius 2 is 2.00 bits per heavy atom. The number of nitrogens with zero attached hydrogens (tertiary/aromatic N) is 4. The van der Waals surface area contributed by atoms with Gasteiger partial charge in [0.25, 0.3) is 0 Å². The van der Waals surface area contributed by atoms with Crippen molar-refractivity contribution in [3.05, 3.63) is 72.2 Å². The highest BCUT2D eigenvalue weighted by atomic mass is 16.5. The van der Waals surface area contributed by atoms with Crippen LogP contribution in [-0.2, 0) is 13.5 Å². The smallest absolute Gasteiger partial charge is 0.227 e. The van der Waals surface area contributed by atoms with Crippen LogP contribution in [0.2, 0.25) is 0 Å². The Morgan fingerprint density at radius 1 is 1.12 bits per heavy atom. The van der Waals surface area contributed by atoms with Crippen molar-refractivity contribution in [1.82, 2.24) is 19.5 Å². The summed E-state index contributed by atoms with van der Waals surface area (Å²) in [5, 5.41) is 5.80. The van der Waals surface area contributed by atoms with E-state index in [1.165, 1.54) is 21.9 Å². The maximum absolute atomic E-state index is 5.42. The van der Waals surface area contributed by atoms with Crippen molar-refractivity contribution in [3.63, 3.8) is 0 Å². The van der Waals surface area contributed by atoms with Gasteiger partial charge in [-0.1, -0.05) is 0 Å². The molecule has 0 saturated carbocycles. The molecule has 7 nitrogen and oxygen atoms in total. The average molecular weight is 441 g/mol. The van der Waals surface area contributed by atoms with E-state index in [4.69, 9.17) is 9.72 Å². The normalized spacial score (nSPS) is 11.3. The predicted molar refractivity (Wildman–Crippen MR) is 135 cm³/mol. The van der Waals surface area contributed by atoms with Gasteiger partial charge >= 0.3 is 0 Å². The van der Waals surface area contributed by atoms with E-state index in [1.807, 2.05) is 19.2 Å². The number of likely N-dealkylation sites (N-methyl/N-ethyl adjacent to an activating group) is 1. The van der Waals surface area contributed by atoms with Gasteiger partial charge in [0, 0.05) is 66.2 Å². The van der Waals surface area contributed by atoms with Gasteiger partial charge in [-0.3, -0.25) is 0 Å². The van der Waals surface area contributed by atoms with Gasteiger partial charge in [-0.25, -0.2) is 4.98 Å². The lowest BCUT2D eigenvalue weighted by Crippen LogP contribution is -2.22. The fourth-order valence-corrected chi connectivity index (χ4v) is 4.27. The minimum absolute atomic E-state index is 0.691. The molecular weight excluding hydrogens is 412 g/mol. The summed E-state index contributed by atoms with van der Waals surface area (Å²) in [7, 11) is 5.80. The van der Waals surface area contributed by atoms with Crippen LogP contribution in [0.1, 0.15) is 11.3 Å². The topological polar surface area (TPSA) is 71.0 Å². The van der Waals surface area contributed by atoms with E-state index < -0.39 is 0 Å². The van der Waals surface area contributed by atoms with Crippen LogP contribution in [0, 0.1) is 6.92 Å². The number of fused-ring (bicyclic) bond motifs is 2. The number of H-pyrrole nitrogens is 1. The SMILES string of the molecule is COc1ccc2c(c1)c(CCN(C)c1nccc(Nc3ccc4[nH]c(C)cc4c3)n1)cn2C. The quantitative estimate of drug-likeness (QED) is 0.364. The Bertz CT molecular complexity index is 1430. The fourth-order valence-electron chi connectivity index (χ4n) is 4.27. The largest absolute Gasteiger partial charge is 0.497 e. The maximum Gasteiger partial charge on any atom is 0.227 e. The second kappa shape index (κ2) is 8.50. The van der Waals surface area contributed by atoms with Crippen molar-refractivity contribution in [2.24, 2.45) is 7.05 Å². The molecule has 0 unspecified atom stereocenters. The van der Waals surface area contributed by atoms with Crippen LogP contribution in [-0.4, -0.2) is 40.2 Å². The molecule has 0 aliphatic carbocycles. The molecule has 3 aromatic heterocycles. The van der Waals surface area contributed by atoms with Gasteiger partial charge in [-0.05, 0) is 67.4 Å². The third-order valence-electron chi connectivity index (χ3n) is 6.01. The molecular formula is C26H28N6O. The van der Waals surface area contributed by atoms with Crippen molar-refractivity contribution < 1.29 is 4.74 Å². The van der Waals surface area contributed by atoms with Crippen LogP contribution < -0.4 is 15.0 Å². The Balaban J connectivity index is 1.31. The molecule has 0 bridgehead atoms. The van der Waals surface area contributed by atoms with Gasteiger partial charge in [0.1, 0.15) is 11.6 Å². The van der Waals surface area contributed by atoms with Crippen molar-refractivity contribution in [1.29, 1.82) is 0 Å². The lowest BCUT2D eigenvalue weighted by Gasteiger charge is -2.17. The van der Waals surface area contributed by atoms with Gasteiger partial charge in [-0.2, -0.15) is 4.98 Å². The summed E-state index contributed by atoms with van der Waals surface area (Å²) in [5.41, 5.74) is 5.76. The first-order valence-corrected chi connectivity index (χ1v) is 11.0. The van der Waals surface area contributed by atoms with Gasteiger partial charge in [0.15, 0.2) is 0 Å². The minimum atomic E-state index is 0.691. The van der Waals surface area contributed by atoms with E-state index in [0.717, 1.165) is 41.4 Å². The van der Waals surface area contributed by atoms with Gasteiger partial charge in [0.05, 0.1) is 7.11 Å². The Kier molecular flexibility index (Phi) is 5.38. The maximum atomic E-state index is 5.42. The molecule has 33 heavy (non-hydrogen) atoms. The lowest BCUT2D eigenvalue weighted by atomic mass is 10.1. The number of ether oxygens (including phenoxy) is 1. The molecule has 5 rings (SSSR count). The molecule has 168 valence electrons. The van der Waals surface area contributed by atoms with Crippen molar-refractivity contribution in [2.45, 2.75) is 13.3 Å². The van der Waals surface area contributed by atoms with Gasteiger partial charge < -0.3 is 24.5 Å². The molecule has 0 amide bonds. The molecule has 0 fully saturated rings. The monoisotopic (exact) mass is 440 g/mol. The highest BCUT2D eigenvalue weighted by molar-refractivity contribution is 5.86. The van der Waals surface area contributed by atoms with Crippen LogP contribution >= 0.6 is 0 Å². The van der Waals surface area contributed by atoms with Crippen LogP contribution in [0.15, 0.2) is 60.9 Å². The average Bonchev–Trinajstić information content (AvgIpc) is 3.35. The number of nitrogens with one attached hydrogen (secondary N) is 2. The van der Waals surface area contributed by atoms with Crippen LogP contribution in [0.4, 0.5) is 17.5 Å². The summed E-state index contributed by atoms with van der Waals surface area (Å²) in [5.74, 6) is 2.34. The second-order valence-corrected chi connectivity index (χ2v) is 8.44. The first-order chi connectivity index (χ1) is 16.0. The number of rotatable bonds is 7. The zero-order valence-electron chi connectivity index (χ0n) is 19.4. The van der Waals surface area contributed by atoms with Crippen LogP contribution in [0.5, 0.6) is 5.75 Å². The second-order valence-electron chi connectivity index (χ2n) is 8.44. The summed E-state index contributed by atoms with van der Waals surface area (Å²) in [4.78, 5) is 14.7. The van der Waals surface area contributed by atoms with E-state index in [-0.39, 0.29) is 0 Å². The third-order valence-corrected chi connectivity index (χ3v) is 6.01. The van der Waals surface area contributed by atoms with Crippen LogP contribution in [0.3, 0.4) is 0 Å². The van der Waals surface area contributed by atoms with Crippen molar-refractivity contribution >= 4 is 39.3 Å². The Labute approximate surface area is 193 Å². The Hall–Kier alpha value is -4.00. The first-order valence-electron chi connectivity index (χ1n) is 11.0. The highest BCUT2D eigenvalue weighted by Gasteiger charge is 2.11. The number of aromatic amines is 1. The lowest BCUT2D eigenvalue weighted by molar-refractivity contribution is 0.415. The van der Waals surface area contributed by atoms with Crippen molar-refractivity contribution in [2.75, 3.05) is 30.9 Å². The molecule has 3 heterocycles. The van der Waals surface area contributed by atoms with Crippen molar-refractivity contribution in [3.8, 4) is 5.75 Å². The molecule has 0 spiro atoms. The van der Waals surface area contributed by atoms with E-state index in [1.54, 1.807) is 13.3 Å². The molecule has 0 aliphatic rings. The molecule has 0 radical (unpaired) electrons.